The molecule has 0 spiro atoms. The van der Waals surface area contributed by atoms with Gasteiger partial charge in [0.1, 0.15) is 0 Å². The van der Waals surface area contributed by atoms with Crippen molar-refractivity contribution in [3.05, 3.63) is 27.5 Å². The number of aryl methyl sites for hydroxylation is 1. The molecule has 1 heterocycles. The van der Waals surface area contributed by atoms with Crippen molar-refractivity contribution in [3.8, 4) is 5.88 Å². The van der Waals surface area contributed by atoms with Gasteiger partial charge in [0.2, 0.25) is 5.88 Å². The Bertz CT molecular complexity index is 413. The van der Waals surface area contributed by atoms with Crippen LogP contribution in [0.15, 0.2) is 10.9 Å². The molecule has 1 rings (SSSR count). The lowest BCUT2D eigenvalue weighted by atomic mass is 10.2. The van der Waals surface area contributed by atoms with Crippen LogP contribution in [0.4, 0.5) is 13.2 Å². The van der Waals surface area contributed by atoms with E-state index in [1.54, 1.807) is 0 Å². The van der Waals surface area contributed by atoms with Gasteiger partial charge in [0.15, 0.2) is 5.43 Å². The molecule has 0 aromatic carbocycles. The van der Waals surface area contributed by atoms with Crippen molar-refractivity contribution >= 4 is 15.9 Å². The molecular formula is C8H7BrF3NO2. The summed E-state index contributed by atoms with van der Waals surface area (Å²) in [5.74, 6) is -0.565. The Morgan fingerprint density at radius 3 is 2.60 bits per heavy atom. The predicted octanol–water partition coefficient (Wildman–Crippen LogP) is 2.48. The van der Waals surface area contributed by atoms with Gasteiger partial charge in [-0.1, -0.05) is 15.9 Å². The second-order valence-electron chi connectivity index (χ2n) is 2.81. The zero-order chi connectivity index (χ0) is 11.6. The largest absolute Gasteiger partial charge is 0.574 e. The molecule has 1 aromatic heterocycles. The Morgan fingerprint density at radius 1 is 1.53 bits per heavy atom. The number of halogens is 4. The molecule has 7 heteroatoms. The number of aromatic amines is 1. The lowest BCUT2D eigenvalue weighted by Crippen LogP contribution is -2.22. The van der Waals surface area contributed by atoms with Crippen molar-refractivity contribution in [3.63, 3.8) is 0 Å². The van der Waals surface area contributed by atoms with Crippen LogP contribution in [0.1, 0.15) is 11.3 Å². The van der Waals surface area contributed by atoms with Crippen molar-refractivity contribution in [1.82, 2.24) is 4.98 Å². The molecule has 1 N–H and O–H groups in total. The lowest BCUT2D eigenvalue weighted by molar-refractivity contribution is -0.276. The van der Waals surface area contributed by atoms with E-state index in [2.05, 4.69) is 25.7 Å². The van der Waals surface area contributed by atoms with Gasteiger partial charge >= 0.3 is 6.36 Å². The summed E-state index contributed by atoms with van der Waals surface area (Å²) in [6, 6.07) is 1.21. The summed E-state index contributed by atoms with van der Waals surface area (Å²) in [4.78, 5) is 13.6. The summed E-state index contributed by atoms with van der Waals surface area (Å²) in [7, 11) is 0. The van der Waals surface area contributed by atoms with Crippen molar-refractivity contribution in [2.24, 2.45) is 0 Å². The van der Waals surface area contributed by atoms with Crippen LogP contribution in [0, 0.1) is 6.92 Å². The van der Waals surface area contributed by atoms with E-state index in [-0.39, 0.29) is 10.9 Å². The van der Waals surface area contributed by atoms with Gasteiger partial charge in [0.25, 0.3) is 0 Å². The summed E-state index contributed by atoms with van der Waals surface area (Å²) in [6.45, 7) is 1.47. The molecule has 0 saturated carbocycles. The first kappa shape index (κ1) is 12.1. The first-order chi connectivity index (χ1) is 6.83. The van der Waals surface area contributed by atoms with Gasteiger partial charge < -0.3 is 9.72 Å². The average molecular weight is 286 g/mol. The van der Waals surface area contributed by atoms with Crippen LogP contribution < -0.4 is 10.2 Å². The van der Waals surface area contributed by atoms with Gasteiger partial charge in [-0.15, -0.1) is 13.2 Å². The van der Waals surface area contributed by atoms with Crippen LogP contribution in [0.2, 0.25) is 0 Å². The number of nitrogens with one attached hydrogen (secondary N) is 1. The molecular weight excluding hydrogens is 279 g/mol. The highest BCUT2D eigenvalue weighted by atomic mass is 79.9. The Morgan fingerprint density at radius 2 is 2.13 bits per heavy atom. The second-order valence-corrected chi connectivity index (χ2v) is 3.37. The molecule has 0 radical (unpaired) electrons. The standard InChI is InChI=1S/C8H7BrF3NO2/c1-4-2-6(14)5(3-9)7(13-4)15-8(10,11)12/h2H,3H2,1H3,(H,13,14). The Kier molecular flexibility index (Phi) is 3.43. The molecule has 0 saturated heterocycles. The third-order valence-corrected chi connectivity index (χ3v) is 2.14. The third-order valence-electron chi connectivity index (χ3n) is 1.58. The number of hydrogen-bond acceptors (Lipinski definition) is 2. The topological polar surface area (TPSA) is 42.1 Å². The molecule has 0 amide bonds. The molecule has 0 aliphatic heterocycles. The Hall–Kier alpha value is -0.980. The van der Waals surface area contributed by atoms with Crippen LogP contribution in [0.25, 0.3) is 0 Å². The summed E-state index contributed by atoms with van der Waals surface area (Å²) in [5.41, 5.74) is -0.274. The summed E-state index contributed by atoms with van der Waals surface area (Å²) >= 11 is 2.92. The van der Waals surface area contributed by atoms with Crippen LogP contribution in [0.3, 0.4) is 0 Å². The zero-order valence-electron chi connectivity index (χ0n) is 7.61. The number of aromatic nitrogens is 1. The highest BCUT2D eigenvalue weighted by Crippen LogP contribution is 2.23. The van der Waals surface area contributed by atoms with Gasteiger partial charge in [-0.2, -0.15) is 0 Å². The number of pyridine rings is 1. The maximum atomic E-state index is 12.0. The minimum atomic E-state index is -4.81. The van der Waals surface area contributed by atoms with Gasteiger partial charge in [-0.25, -0.2) is 0 Å². The van der Waals surface area contributed by atoms with Gasteiger partial charge in [-0.3, -0.25) is 4.79 Å². The van der Waals surface area contributed by atoms with E-state index in [1.165, 1.54) is 13.0 Å². The maximum absolute atomic E-state index is 12.0. The van der Waals surface area contributed by atoms with E-state index < -0.39 is 17.7 Å². The normalized spacial score (nSPS) is 11.5. The Labute approximate surface area is 91.4 Å². The van der Waals surface area contributed by atoms with Crippen LogP contribution in [-0.4, -0.2) is 11.3 Å². The van der Waals surface area contributed by atoms with Crippen LogP contribution in [0.5, 0.6) is 5.88 Å². The van der Waals surface area contributed by atoms with Gasteiger partial charge in [0.05, 0.1) is 5.56 Å². The lowest BCUT2D eigenvalue weighted by Gasteiger charge is -2.11. The SMILES string of the molecule is Cc1cc(=O)c(CBr)c(OC(F)(F)F)[nH]1. The highest BCUT2D eigenvalue weighted by molar-refractivity contribution is 9.08. The predicted molar refractivity (Wildman–Crippen MR) is 51.1 cm³/mol. The molecule has 0 aliphatic carbocycles. The fourth-order valence-electron chi connectivity index (χ4n) is 1.02. The van der Waals surface area contributed by atoms with Crippen molar-refractivity contribution in [2.45, 2.75) is 18.6 Å². The van der Waals surface area contributed by atoms with Crippen LogP contribution >= 0.6 is 15.9 Å². The zero-order valence-corrected chi connectivity index (χ0v) is 9.20. The quantitative estimate of drug-likeness (QED) is 0.849. The molecule has 3 nitrogen and oxygen atoms in total. The second kappa shape index (κ2) is 4.26. The van der Waals surface area contributed by atoms with Crippen LogP contribution in [-0.2, 0) is 5.33 Å². The number of H-pyrrole nitrogens is 1. The molecule has 84 valence electrons. The Balaban J connectivity index is 3.21. The number of hydrogen-bond donors (Lipinski definition) is 1. The number of rotatable bonds is 2. The number of alkyl halides is 4. The maximum Gasteiger partial charge on any atom is 0.574 e. The average Bonchev–Trinajstić information content (AvgIpc) is 1.99. The van der Waals surface area contributed by atoms with Gasteiger partial charge in [0, 0.05) is 17.1 Å². The van der Waals surface area contributed by atoms with Gasteiger partial charge in [-0.05, 0) is 6.92 Å². The minimum absolute atomic E-state index is 0.00593. The molecule has 0 fully saturated rings. The smallest absolute Gasteiger partial charge is 0.389 e. The first-order valence-corrected chi connectivity index (χ1v) is 5.00. The van der Waals surface area contributed by atoms with Crippen molar-refractivity contribution < 1.29 is 17.9 Å². The molecule has 15 heavy (non-hydrogen) atoms. The summed E-state index contributed by atoms with van der Waals surface area (Å²) in [5, 5.41) is -0.00593. The van der Waals surface area contributed by atoms with Crippen molar-refractivity contribution in [2.75, 3.05) is 0 Å². The van der Waals surface area contributed by atoms with E-state index in [9.17, 15) is 18.0 Å². The molecule has 0 aliphatic rings. The fraction of sp³-hybridized carbons (Fsp3) is 0.375. The molecule has 1 aromatic rings. The summed E-state index contributed by atoms with van der Waals surface area (Å²) < 4.78 is 39.6. The van der Waals surface area contributed by atoms with E-state index in [0.29, 0.717) is 5.69 Å². The fourth-order valence-corrected chi connectivity index (χ4v) is 1.55. The van der Waals surface area contributed by atoms with E-state index in [4.69, 9.17) is 0 Å². The van der Waals surface area contributed by atoms with Crippen molar-refractivity contribution in [1.29, 1.82) is 0 Å². The molecule has 0 atom stereocenters. The number of ether oxygens (including phenoxy) is 1. The van der Waals surface area contributed by atoms with E-state index >= 15 is 0 Å². The highest BCUT2D eigenvalue weighted by Gasteiger charge is 2.32. The minimum Gasteiger partial charge on any atom is -0.389 e. The molecule has 0 bridgehead atoms. The van der Waals surface area contributed by atoms with E-state index in [1.807, 2.05) is 0 Å². The summed E-state index contributed by atoms with van der Waals surface area (Å²) in [6.07, 6.45) is -4.81. The van der Waals surface area contributed by atoms with E-state index in [0.717, 1.165) is 0 Å². The monoisotopic (exact) mass is 285 g/mol. The third kappa shape index (κ3) is 3.26. The first-order valence-electron chi connectivity index (χ1n) is 3.88. The molecule has 0 unspecified atom stereocenters.